The Kier molecular flexibility index (Phi) is 44.8. The second kappa shape index (κ2) is 47.1. The number of rotatable bonds is 43. The molecule has 6 heteroatoms. The molecule has 344 valence electrons. The van der Waals surface area contributed by atoms with Crippen LogP contribution in [0.3, 0.4) is 0 Å². The molecular formula is C54H93NO5. The Hall–Kier alpha value is -2.96. The van der Waals surface area contributed by atoms with Crippen LogP contribution in [-0.2, 0) is 14.3 Å². The summed E-state index contributed by atoms with van der Waals surface area (Å²) in [5.74, 6) is -0.617. The summed E-state index contributed by atoms with van der Waals surface area (Å²) in [5, 5.41) is 23.6. The van der Waals surface area contributed by atoms with Gasteiger partial charge in [0.05, 0.1) is 25.2 Å². The third-order valence-electron chi connectivity index (χ3n) is 10.8. The fraction of sp³-hybridized carbons (Fsp3) is 0.704. The fourth-order valence-electron chi connectivity index (χ4n) is 7.07. The highest BCUT2D eigenvalue weighted by atomic mass is 16.5. The van der Waals surface area contributed by atoms with E-state index < -0.39 is 18.2 Å². The number of carbonyl (C=O) groups is 2. The van der Waals surface area contributed by atoms with Gasteiger partial charge in [-0.3, -0.25) is 9.59 Å². The highest BCUT2D eigenvalue weighted by Crippen LogP contribution is 2.16. The third-order valence-corrected chi connectivity index (χ3v) is 10.8. The van der Waals surface area contributed by atoms with Crippen LogP contribution in [-0.4, -0.2) is 46.9 Å². The summed E-state index contributed by atoms with van der Waals surface area (Å²) in [4.78, 5) is 26.0. The molecule has 0 aliphatic rings. The predicted molar refractivity (Wildman–Crippen MR) is 259 cm³/mol. The number of esters is 1. The van der Waals surface area contributed by atoms with E-state index in [4.69, 9.17) is 4.74 Å². The van der Waals surface area contributed by atoms with Crippen LogP contribution < -0.4 is 5.32 Å². The van der Waals surface area contributed by atoms with Gasteiger partial charge in [0.1, 0.15) is 6.10 Å². The minimum atomic E-state index is -0.820. The summed E-state index contributed by atoms with van der Waals surface area (Å²) in [5.41, 5.74) is 0. The maximum atomic E-state index is 13.1. The van der Waals surface area contributed by atoms with Crippen LogP contribution in [0.1, 0.15) is 220 Å². The molecular weight excluding hydrogens is 743 g/mol. The molecule has 60 heavy (non-hydrogen) atoms. The van der Waals surface area contributed by atoms with Crippen molar-refractivity contribution in [2.75, 3.05) is 6.61 Å². The standard InChI is InChI=1S/C54H93NO5/c1-4-7-10-13-16-19-22-23-24-25-26-27-28-29-32-35-38-41-44-47-54(59)60-50(45-42-39-36-33-30-20-17-14-11-8-5-2)48-53(58)55-51(49-56)52(57)46-43-40-37-34-31-21-18-15-12-9-6-3/h8,11,14,16-17,19-20,23-24,30,33,36,39,42,50-52,56-57H,4-7,9-10,12-13,15,18,21-22,25-29,31-32,34-35,37-38,40-41,43-49H2,1-3H3,(H,55,58)/b11-8+,17-14+,19-16-,24-23-,30-20-,36-33-,42-39+. The zero-order valence-corrected chi connectivity index (χ0v) is 39.1. The Morgan fingerprint density at radius 3 is 1.52 bits per heavy atom. The van der Waals surface area contributed by atoms with E-state index in [0.717, 1.165) is 51.4 Å². The van der Waals surface area contributed by atoms with Crippen LogP contribution in [0.5, 0.6) is 0 Å². The van der Waals surface area contributed by atoms with E-state index in [1.54, 1.807) is 0 Å². The van der Waals surface area contributed by atoms with Gasteiger partial charge < -0.3 is 20.3 Å². The second-order valence-electron chi connectivity index (χ2n) is 16.6. The van der Waals surface area contributed by atoms with Crippen molar-refractivity contribution in [2.24, 2.45) is 0 Å². The number of ether oxygens (including phenoxy) is 1. The van der Waals surface area contributed by atoms with E-state index >= 15 is 0 Å². The molecule has 0 bridgehead atoms. The monoisotopic (exact) mass is 836 g/mol. The van der Waals surface area contributed by atoms with Gasteiger partial charge in [-0.15, -0.1) is 0 Å². The number of hydrogen-bond acceptors (Lipinski definition) is 5. The molecule has 3 N–H and O–H groups in total. The van der Waals surface area contributed by atoms with Crippen LogP contribution in [0.4, 0.5) is 0 Å². The lowest BCUT2D eigenvalue weighted by atomic mass is 10.0. The van der Waals surface area contributed by atoms with Gasteiger partial charge in [-0.05, 0) is 51.4 Å². The Labute approximate surface area is 370 Å². The van der Waals surface area contributed by atoms with Crippen molar-refractivity contribution < 1.29 is 24.5 Å². The van der Waals surface area contributed by atoms with Crippen LogP contribution in [0, 0.1) is 0 Å². The van der Waals surface area contributed by atoms with Crippen molar-refractivity contribution in [3.63, 3.8) is 0 Å². The van der Waals surface area contributed by atoms with E-state index in [9.17, 15) is 19.8 Å². The molecule has 0 aromatic heterocycles. The molecule has 0 saturated carbocycles. The lowest BCUT2D eigenvalue weighted by Crippen LogP contribution is -2.46. The summed E-state index contributed by atoms with van der Waals surface area (Å²) in [7, 11) is 0. The zero-order valence-electron chi connectivity index (χ0n) is 39.1. The largest absolute Gasteiger partial charge is 0.461 e. The Morgan fingerprint density at radius 2 is 0.983 bits per heavy atom. The first-order valence-corrected chi connectivity index (χ1v) is 24.9. The molecule has 6 nitrogen and oxygen atoms in total. The molecule has 0 rings (SSSR count). The molecule has 0 heterocycles. The van der Waals surface area contributed by atoms with Crippen molar-refractivity contribution in [1.29, 1.82) is 0 Å². The highest BCUT2D eigenvalue weighted by molar-refractivity contribution is 5.77. The summed E-state index contributed by atoms with van der Waals surface area (Å²) >= 11 is 0. The van der Waals surface area contributed by atoms with E-state index in [0.29, 0.717) is 19.3 Å². The number of aliphatic hydroxyl groups is 2. The first-order chi connectivity index (χ1) is 29.5. The minimum Gasteiger partial charge on any atom is -0.461 e. The molecule has 0 fully saturated rings. The van der Waals surface area contributed by atoms with Gasteiger partial charge in [-0.2, -0.15) is 0 Å². The highest BCUT2D eigenvalue weighted by Gasteiger charge is 2.23. The fourth-order valence-corrected chi connectivity index (χ4v) is 7.07. The molecule has 0 aromatic carbocycles. The summed E-state index contributed by atoms with van der Waals surface area (Å²) in [6.45, 7) is 6.26. The molecule has 1 amide bonds. The summed E-state index contributed by atoms with van der Waals surface area (Å²) in [6.07, 6.45) is 61.0. The first-order valence-electron chi connectivity index (χ1n) is 24.9. The second-order valence-corrected chi connectivity index (χ2v) is 16.6. The van der Waals surface area contributed by atoms with E-state index in [1.165, 1.54) is 122 Å². The Balaban J connectivity index is 4.62. The average molecular weight is 836 g/mol. The van der Waals surface area contributed by atoms with Gasteiger partial charge in [0.15, 0.2) is 0 Å². The number of unbranched alkanes of at least 4 members (excludes halogenated alkanes) is 22. The number of carbonyl (C=O) groups excluding carboxylic acids is 2. The zero-order chi connectivity index (χ0) is 43.8. The van der Waals surface area contributed by atoms with Gasteiger partial charge in [0.25, 0.3) is 0 Å². The molecule has 0 saturated heterocycles. The number of aliphatic hydroxyl groups excluding tert-OH is 2. The van der Waals surface area contributed by atoms with Crippen LogP contribution in [0.2, 0.25) is 0 Å². The van der Waals surface area contributed by atoms with Gasteiger partial charge in [0, 0.05) is 12.8 Å². The van der Waals surface area contributed by atoms with E-state index in [-0.39, 0.29) is 24.9 Å². The van der Waals surface area contributed by atoms with Crippen LogP contribution >= 0.6 is 0 Å². The number of nitrogens with one attached hydrogen (secondary N) is 1. The SMILES string of the molecule is CC/C=C/C=C/C=C\C=C/C=C/CC(CC(=O)NC(CO)C(O)CCCCCCCCCCCCC)OC(=O)CCCCCCCCCCC/C=C\C/C=C\CCCCC. The van der Waals surface area contributed by atoms with Gasteiger partial charge in [-0.1, -0.05) is 234 Å². The Morgan fingerprint density at radius 1 is 0.533 bits per heavy atom. The molecule has 3 unspecified atom stereocenters. The normalized spacial score (nSPS) is 14.0. The molecule has 0 aromatic rings. The van der Waals surface area contributed by atoms with Crippen LogP contribution in [0.15, 0.2) is 85.1 Å². The molecule has 0 radical (unpaired) electrons. The van der Waals surface area contributed by atoms with Crippen molar-refractivity contribution in [3.05, 3.63) is 85.1 Å². The molecule has 0 aliphatic carbocycles. The van der Waals surface area contributed by atoms with Crippen molar-refractivity contribution in [3.8, 4) is 0 Å². The van der Waals surface area contributed by atoms with E-state index in [2.05, 4.69) is 56.5 Å². The van der Waals surface area contributed by atoms with Crippen molar-refractivity contribution in [2.45, 2.75) is 238 Å². The summed E-state index contributed by atoms with van der Waals surface area (Å²) < 4.78 is 5.83. The quantitative estimate of drug-likeness (QED) is 0.0246. The predicted octanol–water partition coefficient (Wildman–Crippen LogP) is 14.8. The third kappa shape index (κ3) is 41.8. The van der Waals surface area contributed by atoms with Gasteiger partial charge >= 0.3 is 5.97 Å². The lowest BCUT2D eigenvalue weighted by Gasteiger charge is -2.24. The van der Waals surface area contributed by atoms with Gasteiger partial charge in [-0.25, -0.2) is 0 Å². The smallest absolute Gasteiger partial charge is 0.306 e. The topological polar surface area (TPSA) is 95.9 Å². The molecule has 0 spiro atoms. The first kappa shape index (κ1) is 57.0. The number of hydrogen-bond donors (Lipinski definition) is 3. The van der Waals surface area contributed by atoms with Gasteiger partial charge in [0.2, 0.25) is 5.91 Å². The maximum absolute atomic E-state index is 13.1. The molecule has 0 aliphatic heterocycles. The number of amides is 1. The van der Waals surface area contributed by atoms with Crippen LogP contribution in [0.25, 0.3) is 0 Å². The Bertz CT molecular complexity index is 1160. The van der Waals surface area contributed by atoms with Crippen molar-refractivity contribution >= 4 is 11.9 Å². The lowest BCUT2D eigenvalue weighted by molar-refractivity contribution is -0.150. The average Bonchev–Trinajstić information content (AvgIpc) is 3.24. The summed E-state index contributed by atoms with van der Waals surface area (Å²) in [6, 6.07) is -0.742. The maximum Gasteiger partial charge on any atom is 0.306 e. The van der Waals surface area contributed by atoms with E-state index in [1.807, 2.05) is 54.7 Å². The molecule has 3 atom stereocenters. The number of allylic oxidation sites excluding steroid dienone is 13. The van der Waals surface area contributed by atoms with Crippen molar-refractivity contribution in [1.82, 2.24) is 5.32 Å². The minimum absolute atomic E-state index is 0.0236.